The Morgan fingerprint density at radius 3 is 2.57 bits per heavy atom. The van der Waals surface area contributed by atoms with Gasteiger partial charge in [-0.25, -0.2) is 4.79 Å². The maximum atomic E-state index is 12.4. The SMILES string of the molecule is [B]c1ccc(CC(C(=O)OCC)n2cccc(OC)c2=O)cc1. The van der Waals surface area contributed by atoms with E-state index in [-0.39, 0.29) is 17.9 Å². The molecule has 5 nitrogen and oxygen atoms in total. The van der Waals surface area contributed by atoms with Crippen molar-refractivity contribution in [2.75, 3.05) is 13.7 Å². The van der Waals surface area contributed by atoms with Crippen LogP contribution in [0, 0.1) is 0 Å². The summed E-state index contributed by atoms with van der Waals surface area (Å²) in [4.78, 5) is 24.7. The van der Waals surface area contributed by atoms with Gasteiger partial charge in [0.1, 0.15) is 13.9 Å². The molecular formula is C17H18BNO4. The Labute approximate surface area is 136 Å². The normalized spacial score (nSPS) is 11.7. The number of rotatable bonds is 6. The number of pyridine rings is 1. The summed E-state index contributed by atoms with van der Waals surface area (Å²) in [6.45, 7) is 1.97. The highest BCUT2D eigenvalue weighted by atomic mass is 16.5. The summed E-state index contributed by atoms with van der Waals surface area (Å²) < 4.78 is 11.5. The van der Waals surface area contributed by atoms with Crippen molar-refractivity contribution >= 4 is 19.3 Å². The van der Waals surface area contributed by atoms with Gasteiger partial charge in [0, 0.05) is 12.6 Å². The number of nitrogens with zero attached hydrogens (tertiary/aromatic N) is 1. The maximum Gasteiger partial charge on any atom is 0.329 e. The highest BCUT2D eigenvalue weighted by molar-refractivity contribution is 6.32. The average molecular weight is 311 g/mol. The lowest BCUT2D eigenvalue weighted by Crippen LogP contribution is -2.32. The van der Waals surface area contributed by atoms with Gasteiger partial charge in [0.25, 0.3) is 5.56 Å². The van der Waals surface area contributed by atoms with Crippen molar-refractivity contribution in [2.24, 2.45) is 0 Å². The molecule has 1 heterocycles. The van der Waals surface area contributed by atoms with E-state index >= 15 is 0 Å². The zero-order valence-electron chi connectivity index (χ0n) is 13.2. The van der Waals surface area contributed by atoms with Gasteiger partial charge in [0.05, 0.1) is 13.7 Å². The van der Waals surface area contributed by atoms with Gasteiger partial charge in [0.15, 0.2) is 5.75 Å². The lowest BCUT2D eigenvalue weighted by molar-refractivity contribution is -0.147. The summed E-state index contributed by atoms with van der Waals surface area (Å²) in [7, 11) is 7.09. The van der Waals surface area contributed by atoms with Crippen molar-refractivity contribution in [3.63, 3.8) is 0 Å². The largest absolute Gasteiger partial charge is 0.491 e. The van der Waals surface area contributed by atoms with Gasteiger partial charge < -0.3 is 9.47 Å². The molecule has 2 aromatic rings. The van der Waals surface area contributed by atoms with Crippen LogP contribution >= 0.6 is 0 Å². The first-order valence-electron chi connectivity index (χ1n) is 7.33. The summed E-state index contributed by atoms with van der Waals surface area (Å²) in [5.74, 6) is -0.279. The molecule has 0 saturated heterocycles. The minimum absolute atomic E-state index is 0.180. The summed E-state index contributed by atoms with van der Waals surface area (Å²) in [5.41, 5.74) is 1.15. The van der Waals surface area contributed by atoms with E-state index in [1.807, 2.05) is 12.1 Å². The van der Waals surface area contributed by atoms with E-state index in [4.69, 9.17) is 17.3 Å². The third-order valence-electron chi connectivity index (χ3n) is 3.46. The number of esters is 1. The number of carbonyl (C=O) groups excluding carboxylic acids is 1. The van der Waals surface area contributed by atoms with Crippen LogP contribution in [0.2, 0.25) is 0 Å². The standard InChI is InChI=1S/C17H18BNO4/c1-3-23-17(21)14(11-12-6-8-13(18)9-7-12)19-10-4-5-15(22-2)16(19)20/h4-10,14H,3,11H2,1-2H3. The van der Waals surface area contributed by atoms with Gasteiger partial charge in [-0.1, -0.05) is 29.7 Å². The molecular weight excluding hydrogens is 293 g/mol. The maximum absolute atomic E-state index is 12.4. The third-order valence-corrected chi connectivity index (χ3v) is 3.46. The molecule has 0 fully saturated rings. The van der Waals surface area contributed by atoms with Crippen molar-refractivity contribution in [1.29, 1.82) is 0 Å². The van der Waals surface area contributed by atoms with Crippen LogP contribution in [-0.4, -0.2) is 32.1 Å². The number of ether oxygens (including phenoxy) is 2. The fourth-order valence-electron chi connectivity index (χ4n) is 2.30. The smallest absolute Gasteiger partial charge is 0.329 e. The van der Waals surface area contributed by atoms with E-state index in [1.54, 1.807) is 37.4 Å². The molecule has 1 atom stereocenters. The third kappa shape index (κ3) is 4.03. The second-order valence-electron chi connectivity index (χ2n) is 5.00. The summed E-state index contributed by atoms with van der Waals surface area (Å²) in [6.07, 6.45) is 1.88. The Morgan fingerprint density at radius 2 is 1.96 bits per heavy atom. The highest BCUT2D eigenvalue weighted by Crippen LogP contribution is 2.16. The molecule has 1 unspecified atom stereocenters. The minimum atomic E-state index is -0.763. The van der Waals surface area contributed by atoms with E-state index in [9.17, 15) is 9.59 Å². The quantitative estimate of drug-likeness (QED) is 0.590. The van der Waals surface area contributed by atoms with E-state index in [2.05, 4.69) is 0 Å². The molecule has 2 rings (SSSR count). The highest BCUT2D eigenvalue weighted by Gasteiger charge is 2.24. The molecule has 0 amide bonds. The van der Waals surface area contributed by atoms with Crippen LogP contribution in [0.25, 0.3) is 0 Å². The summed E-state index contributed by atoms with van der Waals surface area (Å²) >= 11 is 0. The monoisotopic (exact) mass is 311 g/mol. The van der Waals surface area contributed by atoms with Crippen LogP contribution in [0.1, 0.15) is 18.5 Å². The van der Waals surface area contributed by atoms with E-state index in [0.717, 1.165) is 5.56 Å². The van der Waals surface area contributed by atoms with Crippen molar-refractivity contribution in [3.05, 3.63) is 58.5 Å². The lowest BCUT2D eigenvalue weighted by atomic mass is 9.94. The topological polar surface area (TPSA) is 57.5 Å². The zero-order valence-corrected chi connectivity index (χ0v) is 13.2. The number of hydrogen-bond donors (Lipinski definition) is 0. The fourth-order valence-corrected chi connectivity index (χ4v) is 2.30. The van der Waals surface area contributed by atoms with Crippen molar-refractivity contribution in [3.8, 4) is 5.75 Å². The molecule has 0 aliphatic carbocycles. The molecule has 0 bridgehead atoms. The van der Waals surface area contributed by atoms with Gasteiger partial charge in [-0.05, 0) is 24.6 Å². The van der Waals surface area contributed by atoms with Crippen LogP contribution in [0.4, 0.5) is 0 Å². The number of methoxy groups -OCH3 is 1. The van der Waals surface area contributed by atoms with E-state index in [0.29, 0.717) is 11.9 Å². The number of benzene rings is 1. The summed E-state index contributed by atoms with van der Waals surface area (Å²) in [6, 6.07) is 9.62. The first-order valence-corrected chi connectivity index (χ1v) is 7.33. The second kappa shape index (κ2) is 7.67. The Bertz CT molecular complexity index is 724. The van der Waals surface area contributed by atoms with Gasteiger partial charge in [-0.15, -0.1) is 0 Å². The summed E-state index contributed by atoms with van der Waals surface area (Å²) in [5, 5.41) is 0. The van der Waals surface area contributed by atoms with E-state index < -0.39 is 12.0 Å². The zero-order chi connectivity index (χ0) is 16.8. The average Bonchev–Trinajstić information content (AvgIpc) is 2.55. The fraction of sp³-hybridized carbons (Fsp3) is 0.294. The molecule has 0 spiro atoms. The van der Waals surface area contributed by atoms with Crippen LogP contribution in [0.15, 0.2) is 47.4 Å². The number of aromatic nitrogens is 1. The van der Waals surface area contributed by atoms with Crippen molar-refractivity contribution < 1.29 is 14.3 Å². The number of hydrogen-bond acceptors (Lipinski definition) is 4. The predicted molar refractivity (Wildman–Crippen MR) is 88.5 cm³/mol. The molecule has 0 N–H and O–H groups in total. The van der Waals surface area contributed by atoms with Crippen molar-refractivity contribution in [1.82, 2.24) is 4.57 Å². The molecule has 118 valence electrons. The van der Waals surface area contributed by atoms with Crippen LogP contribution in [0.3, 0.4) is 0 Å². The van der Waals surface area contributed by atoms with Crippen molar-refractivity contribution in [2.45, 2.75) is 19.4 Å². The molecule has 0 aliphatic rings. The lowest BCUT2D eigenvalue weighted by Gasteiger charge is -2.19. The number of carbonyl (C=O) groups is 1. The minimum Gasteiger partial charge on any atom is -0.491 e. The van der Waals surface area contributed by atoms with Crippen LogP contribution in [0.5, 0.6) is 5.75 Å². The molecule has 6 heteroatoms. The van der Waals surface area contributed by atoms with Crippen LogP contribution < -0.4 is 15.8 Å². The van der Waals surface area contributed by atoms with Gasteiger partial charge in [0.2, 0.25) is 0 Å². The first-order chi connectivity index (χ1) is 11.1. The van der Waals surface area contributed by atoms with Crippen LogP contribution in [-0.2, 0) is 16.0 Å². The molecule has 1 aromatic carbocycles. The molecule has 23 heavy (non-hydrogen) atoms. The first kappa shape index (κ1) is 16.9. The molecule has 2 radical (unpaired) electrons. The Balaban J connectivity index is 2.40. The van der Waals surface area contributed by atoms with Gasteiger partial charge >= 0.3 is 5.97 Å². The van der Waals surface area contributed by atoms with Gasteiger partial charge in [-0.3, -0.25) is 9.36 Å². The molecule has 0 saturated carbocycles. The Morgan fingerprint density at radius 1 is 1.26 bits per heavy atom. The Hall–Kier alpha value is -2.50. The van der Waals surface area contributed by atoms with Gasteiger partial charge in [-0.2, -0.15) is 0 Å². The predicted octanol–water partition coefficient (Wildman–Crippen LogP) is 0.998. The molecule has 0 aliphatic heterocycles. The second-order valence-corrected chi connectivity index (χ2v) is 5.00. The molecule has 1 aromatic heterocycles. The Kier molecular flexibility index (Phi) is 5.63. The van der Waals surface area contributed by atoms with E-state index in [1.165, 1.54) is 11.7 Å².